The summed E-state index contributed by atoms with van der Waals surface area (Å²) in [5.74, 6) is -0.137. The van der Waals surface area contributed by atoms with Gasteiger partial charge in [-0.15, -0.1) is 0 Å². The second-order valence-electron chi connectivity index (χ2n) is 5.98. The molecule has 118 valence electrons. The molecule has 2 fully saturated rings. The van der Waals surface area contributed by atoms with Gasteiger partial charge in [-0.05, 0) is 42.9 Å². The van der Waals surface area contributed by atoms with E-state index in [1.165, 1.54) is 0 Å². The molecule has 3 N–H and O–H groups in total. The molecule has 0 unspecified atom stereocenters. The van der Waals surface area contributed by atoms with Crippen LogP contribution in [-0.4, -0.2) is 30.6 Å². The van der Waals surface area contributed by atoms with Gasteiger partial charge in [0.2, 0.25) is 11.8 Å². The fourth-order valence-electron chi connectivity index (χ4n) is 3.00. The maximum Gasteiger partial charge on any atom is 0.246 e. The number of halogens is 1. The maximum atomic E-state index is 12.2. The van der Waals surface area contributed by atoms with Crippen LogP contribution in [0.4, 0.5) is 0 Å². The van der Waals surface area contributed by atoms with Gasteiger partial charge in [0.25, 0.3) is 0 Å². The topological polar surface area (TPSA) is 81.4 Å². The van der Waals surface area contributed by atoms with Gasteiger partial charge < -0.3 is 15.8 Å². The maximum absolute atomic E-state index is 12.2. The Morgan fingerprint density at radius 3 is 2.86 bits per heavy atom. The summed E-state index contributed by atoms with van der Waals surface area (Å²) in [6.07, 6.45) is 1.59. The third-order valence-corrected chi connectivity index (χ3v) is 4.57. The third kappa shape index (κ3) is 3.42. The van der Waals surface area contributed by atoms with Crippen LogP contribution in [-0.2, 0) is 14.3 Å². The summed E-state index contributed by atoms with van der Waals surface area (Å²) < 4.78 is 5.49. The van der Waals surface area contributed by atoms with Crippen molar-refractivity contribution in [1.29, 1.82) is 0 Å². The SMILES string of the molecule is NC(=O)[C@@H]1CC[C@H](CNC(=O)[C@H]2C[C@@H]2c2cccc(Cl)c2)O1. The summed E-state index contributed by atoms with van der Waals surface area (Å²) in [6.45, 7) is 0.432. The zero-order valence-corrected chi connectivity index (χ0v) is 12.9. The smallest absolute Gasteiger partial charge is 0.246 e. The average Bonchev–Trinajstić information content (AvgIpc) is 3.15. The molecule has 5 nitrogen and oxygen atoms in total. The normalized spacial score (nSPS) is 30.0. The number of carbonyl (C=O) groups excluding carboxylic acids is 2. The summed E-state index contributed by atoms with van der Waals surface area (Å²) in [6, 6.07) is 7.65. The number of hydrogen-bond acceptors (Lipinski definition) is 3. The van der Waals surface area contributed by atoms with Crippen molar-refractivity contribution in [3.05, 3.63) is 34.9 Å². The molecular weight excluding hydrogens is 304 g/mol. The molecule has 3 rings (SSSR count). The van der Waals surface area contributed by atoms with Gasteiger partial charge in [0, 0.05) is 17.5 Å². The molecule has 6 heteroatoms. The van der Waals surface area contributed by atoms with Crippen LogP contribution in [0, 0.1) is 5.92 Å². The summed E-state index contributed by atoms with van der Waals surface area (Å²) in [5, 5.41) is 3.61. The van der Waals surface area contributed by atoms with Gasteiger partial charge in [-0.25, -0.2) is 0 Å². The van der Waals surface area contributed by atoms with Gasteiger partial charge in [-0.2, -0.15) is 0 Å². The molecule has 2 amide bonds. The van der Waals surface area contributed by atoms with Crippen molar-refractivity contribution >= 4 is 23.4 Å². The fraction of sp³-hybridized carbons (Fsp3) is 0.500. The van der Waals surface area contributed by atoms with E-state index in [2.05, 4.69) is 5.32 Å². The monoisotopic (exact) mass is 322 g/mol. The molecule has 2 aliphatic rings. The van der Waals surface area contributed by atoms with Crippen LogP contribution in [0.3, 0.4) is 0 Å². The molecule has 0 aromatic heterocycles. The van der Waals surface area contributed by atoms with E-state index >= 15 is 0 Å². The second-order valence-corrected chi connectivity index (χ2v) is 6.41. The minimum Gasteiger partial charge on any atom is -0.367 e. The summed E-state index contributed by atoms with van der Waals surface area (Å²) in [5.41, 5.74) is 6.32. The Hall–Kier alpha value is -1.59. The predicted octanol–water partition coefficient (Wildman–Crippen LogP) is 1.59. The molecule has 1 aromatic carbocycles. The number of amides is 2. The highest BCUT2D eigenvalue weighted by Gasteiger charge is 2.44. The van der Waals surface area contributed by atoms with Gasteiger partial charge in [0.15, 0.2) is 0 Å². The molecule has 1 aliphatic heterocycles. The van der Waals surface area contributed by atoms with E-state index in [9.17, 15) is 9.59 Å². The van der Waals surface area contributed by atoms with Gasteiger partial charge in [0.1, 0.15) is 6.10 Å². The lowest BCUT2D eigenvalue weighted by Crippen LogP contribution is -2.35. The highest BCUT2D eigenvalue weighted by Crippen LogP contribution is 2.47. The van der Waals surface area contributed by atoms with Gasteiger partial charge in [0.05, 0.1) is 6.10 Å². The van der Waals surface area contributed by atoms with Gasteiger partial charge in [-0.3, -0.25) is 9.59 Å². The standard InChI is InChI=1S/C16H19ClN2O3/c17-10-3-1-2-9(6-10)12-7-13(12)16(21)19-8-11-4-5-14(22-11)15(18)20/h1-3,6,11-14H,4-5,7-8H2,(H2,18,20)(H,19,21)/t11-,12-,13+,14+/m1/s1. The third-order valence-electron chi connectivity index (χ3n) is 4.33. The van der Waals surface area contributed by atoms with Crippen molar-refractivity contribution in [1.82, 2.24) is 5.32 Å². The first-order valence-corrected chi connectivity index (χ1v) is 7.90. The number of primary amides is 1. The second kappa shape index (κ2) is 6.26. The zero-order valence-electron chi connectivity index (χ0n) is 12.1. The Morgan fingerprint density at radius 2 is 2.18 bits per heavy atom. The van der Waals surface area contributed by atoms with Crippen molar-refractivity contribution in [3.63, 3.8) is 0 Å². The Morgan fingerprint density at radius 1 is 1.36 bits per heavy atom. The molecule has 1 heterocycles. The summed E-state index contributed by atoms with van der Waals surface area (Å²) in [7, 11) is 0. The zero-order chi connectivity index (χ0) is 15.7. The largest absolute Gasteiger partial charge is 0.367 e. The number of ether oxygens (including phenoxy) is 1. The minimum atomic E-state index is -0.512. The Bertz CT molecular complexity index is 593. The van der Waals surface area contributed by atoms with E-state index in [0.717, 1.165) is 18.4 Å². The van der Waals surface area contributed by atoms with Crippen LogP contribution in [0.1, 0.15) is 30.7 Å². The molecule has 1 aromatic rings. The van der Waals surface area contributed by atoms with Crippen LogP contribution in [0.25, 0.3) is 0 Å². The Kier molecular flexibility index (Phi) is 4.36. The number of hydrogen-bond donors (Lipinski definition) is 2. The summed E-state index contributed by atoms with van der Waals surface area (Å²) >= 11 is 5.98. The van der Waals surface area contributed by atoms with E-state index in [1.807, 2.05) is 24.3 Å². The van der Waals surface area contributed by atoms with Crippen LogP contribution in [0.5, 0.6) is 0 Å². The number of benzene rings is 1. The van der Waals surface area contributed by atoms with Crippen molar-refractivity contribution in [2.24, 2.45) is 11.7 Å². The number of rotatable bonds is 5. The van der Waals surface area contributed by atoms with Crippen LogP contribution >= 0.6 is 11.6 Å². The average molecular weight is 323 g/mol. The summed E-state index contributed by atoms with van der Waals surface area (Å²) in [4.78, 5) is 23.2. The van der Waals surface area contributed by atoms with E-state index < -0.39 is 12.0 Å². The molecule has 1 saturated carbocycles. The van der Waals surface area contributed by atoms with Crippen molar-refractivity contribution in [2.45, 2.75) is 37.4 Å². The molecule has 0 spiro atoms. The molecular formula is C16H19ClN2O3. The van der Waals surface area contributed by atoms with Crippen molar-refractivity contribution in [2.75, 3.05) is 6.54 Å². The Balaban J connectivity index is 1.45. The first-order valence-electron chi connectivity index (χ1n) is 7.52. The predicted molar refractivity (Wildman–Crippen MR) is 82.4 cm³/mol. The quantitative estimate of drug-likeness (QED) is 0.863. The lowest BCUT2D eigenvalue weighted by molar-refractivity contribution is -0.128. The number of nitrogens with one attached hydrogen (secondary N) is 1. The highest BCUT2D eigenvalue weighted by molar-refractivity contribution is 6.30. The van der Waals surface area contributed by atoms with E-state index in [-0.39, 0.29) is 23.8 Å². The van der Waals surface area contributed by atoms with Crippen molar-refractivity contribution in [3.8, 4) is 0 Å². The molecule has 4 atom stereocenters. The first kappa shape index (κ1) is 15.3. The fourth-order valence-corrected chi connectivity index (χ4v) is 3.20. The molecule has 0 radical (unpaired) electrons. The molecule has 1 aliphatic carbocycles. The molecule has 1 saturated heterocycles. The first-order chi connectivity index (χ1) is 10.5. The highest BCUT2D eigenvalue weighted by atomic mass is 35.5. The van der Waals surface area contributed by atoms with Crippen LogP contribution in [0.2, 0.25) is 5.02 Å². The minimum absolute atomic E-state index is 0.00630. The van der Waals surface area contributed by atoms with E-state index in [4.69, 9.17) is 22.1 Å². The van der Waals surface area contributed by atoms with Crippen molar-refractivity contribution < 1.29 is 14.3 Å². The lowest BCUT2D eigenvalue weighted by atomic mass is 10.1. The lowest BCUT2D eigenvalue weighted by Gasteiger charge is -2.12. The van der Waals surface area contributed by atoms with Gasteiger partial charge in [-0.1, -0.05) is 23.7 Å². The Labute approximate surface area is 134 Å². The van der Waals surface area contributed by atoms with E-state index in [1.54, 1.807) is 0 Å². The van der Waals surface area contributed by atoms with E-state index in [0.29, 0.717) is 18.0 Å². The van der Waals surface area contributed by atoms with Crippen LogP contribution < -0.4 is 11.1 Å². The number of carbonyl (C=O) groups is 2. The molecule has 0 bridgehead atoms. The molecule has 22 heavy (non-hydrogen) atoms. The van der Waals surface area contributed by atoms with Crippen LogP contribution in [0.15, 0.2) is 24.3 Å². The van der Waals surface area contributed by atoms with Gasteiger partial charge >= 0.3 is 0 Å². The number of nitrogens with two attached hydrogens (primary N) is 1.